The van der Waals surface area contributed by atoms with E-state index in [-0.39, 0.29) is 5.82 Å². The molecule has 0 atom stereocenters. The highest BCUT2D eigenvalue weighted by molar-refractivity contribution is 5.24. The van der Waals surface area contributed by atoms with Crippen molar-refractivity contribution in [3.05, 3.63) is 21.9 Å². The van der Waals surface area contributed by atoms with E-state index in [1.54, 1.807) is 13.8 Å². The Morgan fingerprint density at radius 1 is 1.75 bits per heavy atom. The molecular weight excluding hydrogens is 160 g/mol. The molecule has 0 unspecified atom stereocenters. The molecule has 1 heterocycles. The fraction of sp³-hybridized carbons (Fsp3) is 0.500. The molecule has 0 aliphatic carbocycles. The van der Waals surface area contributed by atoms with Gasteiger partial charge in [-0.2, -0.15) is 0 Å². The van der Waals surface area contributed by atoms with Crippen molar-refractivity contribution in [2.24, 2.45) is 5.73 Å². The Morgan fingerprint density at radius 3 is 2.58 bits per heavy atom. The monoisotopic (exact) mass is 170 g/mol. The van der Waals surface area contributed by atoms with Crippen molar-refractivity contribution in [3.8, 4) is 0 Å². The second-order valence-corrected chi connectivity index (χ2v) is 3.12. The summed E-state index contributed by atoms with van der Waals surface area (Å²) < 4.78 is 0. The molecule has 0 radical (unpaired) electrons. The van der Waals surface area contributed by atoms with Gasteiger partial charge in [0.25, 0.3) is 0 Å². The molecule has 6 nitrogen and oxygen atoms in total. The van der Waals surface area contributed by atoms with Gasteiger partial charge in [0.1, 0.15) is 5.69 Å². The summed E-state index contributed by atoms with van der Waals surface area (Å²) in [7, 11) is 0. The van der Waals surface area contributed by atoms with Crippen LogP contribution in [-0.2, 0) is 5.54 Å². The topological polar surface area (TPSA) is 97.8 Å². The maximum atomic E-state index is 10.2. The van der Waals surface area contributed by atoms with Crippen LogP contribution in [0.1, 0.15) is 19.5 Å². The Bertz CT molecular complexity index is 299. The number of nitro groups is 1. The number of nitrogens with zero attached hydrogens (tertiary/aromatic N) is 2. The van der Waals surface area contributed by atoms with Gasteiger partial charge in [-0.3, -0.25) is 0 Å². The molecule has 0 bridgehead atoms. The van der Waals surface area contributed by atoms with Crippen molar-refractivity contribution < 1.29 is 4.92 Å². The lowest BCUT2D eigenvalue weighted by Crippen LogP contribution is -2.29. The number of aromatic amines is 1. The quantitative estimate of drug-likeness (QED) is 0.499. The van der Waals surface area contributed by atoms with Crippen LogP contribution in [0.2, 0.25) is 0 Å². The van der Waals surface area contributed by atoms with E-state index in [1.165, 1.54) is 6.07 Å². The lowest BCUT2D eigenvalue weighted by molar-refractivity contribution is -0.389. The maximum Gasteiger partial charge on any atom is 0.342 e. The van der Waals surface area contributed by atoms with Crippen LogP contribution in [0.4, 0.5) is 5.82 Å². The minimum absolute atomic E-state index is 0.136. The molecule has 1 rings (SSSR count). The molecular formula is C6H10N4O2. The van der Waals surface area contributed by atoms with Crippen LogP contribution in [0, 0.1) is 10.1 Å². The van der Waals surface area contributed by atoms with Gasteiger partial charge < -0.3 is 15.8 Å². The largest absolute Gasteiger partial charge is 0.358 e. The average Bonchev–Trinajstić information content (AvgIpc) is 2.30. The van der Waals surface area contributed by atoms with E-state index in [9.17, 15) is 10.1 Å². The number of rotatable bonds is 2. The first kappa shape index (κ1) is 8.66. The maximum absolute atomic E-state index is 10.2. The smallest absolute Gasteiger partial charge is 0.342 e. The summed E-state index contributed by atoms with van der Waals surface area (Å²) in [5.74, 6) is -0.136. The van der Waals surface area contributed by atoms with Crippen LogP contribution in [0.15, 0.2) is 6.07 Å². The van der Waals surface area contributed by atoms with Gasteiger partial charge in [-0.05, 0) is 18.8 Å². The predicted octanol–water partition coefficient (Wildman–Crippen LogP) is 0.512. The van der Waals surface area contributed by atoms with Gasteiger partial charge in [-0.15, -0.1) is 5.10 Å². The molecule has 66 valence electrons. The third-order valence-corrected chi connectivity index (χ3v) is 1.42. The lowest BCUT2D eigenvalue weighted by atomic mass is 10.0. The zero-order chi connectivity index (χ0) is 9.35. The van der Waals surface area contributed by atoms with Crippen molar-refractivity contribution in [3.63, 3.8) is 0 Å². The fourth-order valence-corrected chi connectivity index (χ4v) is 0.735. The van der Waals surface area contributed by atoms with Gasteiger partial charge in [-0.25, -0.2) is 0 Å². The molecule has 0 aliphatic heterocycles. The van der Waals surface area contributed by atoms with Crippen molar-refractivity contribution >= 4 is 5.82 Å². The summed E-state index contributed by atoms with van der Waals surface area (Å²) in [4.78, 5) is 9.70. The molecule has 0 aliphatic rings. The molecule has 12 heavy (non-hydrogen) atoms. The molecule has 0 saturated carbocycles. The van der Waals surface area contributed by atoms with E-state index < -0.39 is 10.5 Å². The summed E-state index contributed by atoms with van der Waals surface area (Å²) in [6.07, 6.45) is 0. The van der Waals surface area contributed by atoms with E-state index in [0.29, 0.717) is 5.69 Å². The van der Waals surface area contributed by atoms with Gasteiger partial charge in [0.2, 0.25) is 0 Å². The summed E-state index contributed by atoms with van der Waals surface area (Å²) in [5.41, 5.74) is 5.50. The molecule has 6 heteroatoms. The van der Waals surface area contributed by atoms with Crippen LogP contribution in [0.5, 0.6) is 0 Å². The van der Waals surface area contributed by atoms with Crippen molar-refractivity contribution in [2.75, 3.05) is 0 Å². The first-order chi connectivity index (χ1) is 5.41. The highest BCUT2D eigenvalue weighted by Crippen LogP contribution is 2.17. The standard InChI is InChI=1S/C6H10N4O2/c1-6(2,7)4-3-5(9-8-4)10(11)12/h3H,7H2,1-2H3,(H,8,9). The van der Waals surface area contributed by atoms with E-state index in [4.69, 9.17) is 5.73 Å². The molecule has 0 fully saturated rings. The average molecular weight is 170 g/mol. The minimum Gasteiger partial charge on any atom is -0.358 e. The molecule has 0 saturated heterocycles. The summed E-state index contributed by atoms with van der Waals surface area (Å²) in [6.45, 7) is 3.46. The van der Waals surface area contributed by atoms with E-state index in [0.717, 1.165) is 0 Å². The fourth-order valence-electron chi connectivity index (χ4n) is 0.735. The number of nitrogens with two attached hydrogens (primary N) is 1. The van der Waals surface area contributed by atoms with Gasteiger partial charge in [0.15, 0.2) is 0 Å². The Kier molecular flexibility index (Phi) is 1.85. The Hall–Kier alpha value is -1.43. The Morgan fingerprint density at radius 2 is 2.33 bits per heavy atom. The zero-order valence-electron chi connectivity index (χ0n) is 6.87. The van der Waals surface area contributed by atoms with Crippen LogP contribution in [0.3, 0.4) is 0 Å². The molecule has 0 spiro atoms. The SMILES string of the molecule is CC(C)(N)c1cc([N+](=O)[O-])[nH]n1. The zero-order valence-corrected chi connectivity index (χ0v) is 6.87. The first-order valence-corrected chi connectivity index (χ1v) is 3.40. The van der Waals surface area contributed by atoms with Gasteiger partial charge in [-0.1, -0.05) is 5.10 Å². The second kappa shape index (κ2) is 2.56. The number of hydrogen-bond acceptors (Lipinski definition) is 4. The molecule has 0 aromatic carbocycles. The van der Waals surface area contributed by atoms with Crippen LogP contribution in [0.25, 0.3) is 0 Å². The second-order valence-electron chi connectivity index (χ2n) is 3.12. The van der Waals surface area contributed by atoms with Crippen molar-refractivity contribution in [1.82, 2.24) is 10.2 Å². The molecule has 1 aromatic heterocycles. The molecule has 0 amide bonds. The van der Waals surface area contributed by atoms with E-state index in [2.05, 4.69) is 10.2 Å². The number of aromatic nitrogens is 2. The minimum atomic E-state index is -0.648. The van der Waals surface area contributed by atoms with Crippen molar-refractivity contribution in [1.29, 1.82) is 0 Å². The van der Waals surface area contributed by atoms with Crippen LogP contribution in [-0.4, -0.2) is 15.1 Å². The molecule has 3 N–H and O–H groups in total. The van der Waals surface area contributed by atoms with E-state index >= 15 is 0 Å². The van der Waals surface area contributed by atoms with Crippen LogP contribution < -0.4 is 5.73 Å². The summed E-state index contributed by atoms with van der Waals surface area (Å²) >= 11 is 0. The third kappa shape index (κ3) is 1.59. The Balaban J connectivity index is 3.00. The Labute approximate surface area is 68.9 Å². The van der Waals surface area contributed by atoms with Crippen LogP contribution >= 0.6 is 0 Å². The third-order valence-electron chi connectivity index (χ3n) is 1.42. The lowest BCUT2D eigenvalue weighted by Gasteiger charge is -2.12. The van der Waals surface area contributed by atoms with Gasteiger partial charge in [0, 0.05) is 0 Å². The predicted molar refractivity (Wildman–Crippen MR) is 42.5 cm³/mol. The number of H-pyrrole nitrogens is 1. The van der Waals surface area contributed by atoms with E-state index in [1.807, 2.05) is 0 Å². The highest BCUT2D eigenvalue weighted by Gasteiger charge is 2.21. The van der Waals surface area contributed by atoms with Gasteiger partial charge >= 0.3 is 5.82 Å². The summed E-state index contributed by atoms with van der Waals surface area (Å²) in [5, 5.41) is 16.2. The normalized spacial score (nSPS) is 11.6. The molecule has 1 aromatic rings. The highest BCUT2D eigenvalue weighted by atomic mass is 16.6. The summed E-state index contributed by atoms with van der Waals surface area (Å²) in [6, 6.07) is 1.33. The number of hydrogen-bond donors (Lipinski definition) is 2. The van der Waals surface area contributed by atoms with Gasteiger partial charge in [0.05, 0.1) is 11.6 Å². The first-order valence-electron chi connectivity index (χ1n) is 3.40. The number of nitrogens with one attached hydrogen (secondary N) is 1. The van der Waals surface area contributed by atoms with Crippen molar-refractivity contribution in [2.45, 2.75) is 19.4 Å².